The van der Waals surface area contributed by atoms with Crippen molar-refractivity contribution in [3.63, 3.8) is 0 Å². The molecule has 0 unspecified atom stereocenters. The molecular weight excluding hydrogens is 168 g/mol. The third-order valence-electron chi connectivity index (χ3n) is 2.65. The maximum Gasteiger partial charge on any atom is -0.0260 e. The van der Waals surface area contributed by atoms with Gasteiger partial charge in [0.15, 0.2) is 0 Å². The van der Waals surface area contributed by atoms with Crippen molar-refractivity contribution in [1.82, 2.24) is 0 Å². The van der Waals surface area contributed by atoms with Crippen LogP contribution in [0.3, 0.4) is 0 Å². The summed E-state index contributed by atoms with van der Waals surface area (Å²) in [5, 5.41) is 0. The summed E-state index contributed by atoms with van der Waals surface area (Å²) in [7, 11) is 0. The molecule has 1 aromatic carbocycles. The van der Waals surface area contributed by atoms with Crippen LogP contribution >= 0.6 is 0 Å². The highest BCUT2D eigenvalue weighted by atomic mass is 14.1. The summed E-state index contributed by atoms with van der Waals surface area (Å²) in [4.78, 5) is 0. The average molecular weight is 188 g/mol. The first-order valence-electron chi connectivity index (χ1n) is 5.56. The predicted molar refractivity (Wildman–Crippen MR) is 64.5 cm³/mol. The van der Waals surface area contributed by atoms with Gasteiger partial charge in [-0.25, -0.2) is 0 Å². The number of unbranched alkanes of at least 4 members (excludes halogenated alkanes) is 1. The summed E-state index contributed by atoms with van der Waals surface area (Å²) in [6.45, 7) is 8.27. The first-order chi connectivity index (χ1) is 6.81. The van der Waals surface area contributed by atoms with Crippen LogP contribution in [0, 0.1) is 0 Å². The molecule has 0 heteroatoms. The molecule has 0 spiro atoms. The van der Waals surface area contributed by atoms with E-state index in [1.54, 1.807) is 0 Å². The van der Waals surface area contributed by atoms with Crippen LogP contribution in [0.25, 0.3) is 6.08 Å². The summed E-state index contributed by atoms with van der Waals surface area (Å²) in [6.07, 6.45) is 6.82. The van der Waals surface area contributed by atoms with Crippen LogP contribution in [0.15, 0.2) is 24.8 Å². The van der Waals surface area contributed by atoms with Crippen molar-refractivity contribution in [3.8, 4) is 0 Å². The van der Waals surface area contributed by atoms with E-state index < -0.39 is 0 Å². The van der Waals surface area contributed by atoms with Crippen molar-refractivity contribution in [2.45, 2.75) is 39.5 Å². The van der Waals surface area contributed by atoms with Gasteiger partial charge in [0.2, 0.25) is 0 Å². The van der Waals surface area contributed by atoms with E-state index in [1.807, 2.05) is 6.08 Å². The Morgan fingerprint density at radius 3 is 2.57 bits per heavy atom. The summed E-state index contributed by atoms with van der Waals surface area (Å²) < 4.78 is 0. The van der Waals surface area contributed by atoms with Gasteiger partial charge in [-0.3, -0.25) is 0 Å². The molecule has 1 aromatic rings. The number of rotatable bonds is 5. The zero-order valence-electron chi connectivity index (χ0n) is 9.34. The smallest absolute Gasteiger partial charge is 0.0260 e. The first-order valence-corrected chi connectivity index (χ1v) is 5.56. The van der Waals surface area contributed by atoms with E-state index in [0.29, 0.717) is 0 Å². The zero-order valence-corrected chi connectivity index (χ0v) is 9.34. The second-order valence-corrected chi connectivity index (χ2v) is 3.69. The second-order valence-electron chi connectivity index (χ2n) is 3.69. The number of hydrogen-bond donors (Lipinski definition) is 0. The molecule has 14 heavy (non-hydrogen) atoms. The highest BCUT2D eigenvalue weighted by Gasteiger charge is 2.00. The lowest BCUT2D eigenvalue weighted by Crippen LogP contribution is -1.93. The molecule has 76 valence electrons. The van der Waals surface area contributed by atoms with Crippen LogP contribution in [-0.2, 0) is 12.8 Å². The molecule has 0 bridgehead atoms. The van der Waals surface area contributed by atoms with Crippen LogP contribution in [0.4, 0.5) is 0 Å². The van der Waals surface area contributed by atoms with Gasteiger partial charge in [-0.15, -0.1) is 0 Å². The molecule has 0 fully saturated rings. The van der Waals surface area contributed by atoms with Gasteiger partial charge in [0.05, 0.1) is 0 Å². The van der Waals surface area contributed by atoms with Gasteiger partial charge < -0.3 is 0 Å². The van der Waals surface area contributed by atoms with Gasteiger partial charge in [-0.1, -0.05) is 51.1 Å². The minimum atomic E-state index is 1.14. The standard InChI is InChI=1S/C14H20/c1-4-7-8-14-11-12(5-2)9-10-13(14)6-3/h5,9-11H,2,4,6-8H2,1,3H3. The number of benzene rings is 1. The Labute approximate surface area is 87.7 Å². The maximum absolute atomic E-state index is 3.81. The highest BCUT2D eigenvalue weighted by Crippen LogP contribution is 2.16. The van der Waals surface area contributed by atoms with Gasteiger partial charge in [-0.2, -0.15) is 0 Å². The Balaban J connectivity index is 2.89. The van der Waals surface area contributed by atoms with Gasteiger partial charge in [0.25, 0.3) is 0 Å². The highest BCUT2D eigenvalue weighted by molar-refractivity contribution is 5.50. The second kappa shape index (κ2) is 5.64. The number of hydrogen-bond acceptors (Lipinski definition) is 0. The van der Waals surface area contributed by atoms with Crippen LogP contribution in [0.5, 0.6) is 0 Å². The van der Waals surface area contributed by atoms with Gasteiger partial charge in [-0.05, 0) is 36.0 Å². The average Bonchev–Trinajstić information content (AvgIpc) is 2.25. The Morgan fingerprint density at radius 1 is 1.21 bits per heavy atom. The molecule has 0 saturated heterocycles. The molecule has 0 saturated carbocycles. The lowest BCUT2D eigenvalue weighted by Gasteiger charge is -2.08. The summed E-state index contributed by atoms with van der Waals surface area (Å²) in [5.41, 5.74) is 4.24. The van der Waals surface area contributed by atoms with E-state index in [1.165, 1.54) is 36.0 Å². The van der Waals surface area contributed by atoms with Crippen LogP contribution in [0.2, 0.25) is 0 Å². The van der Waals surface area contributed by atoms with E-state index in [9.17, 15) is 0 Å². The minimum Gasteiger partial charge on any atom is -0.0985 e. The van der Waals surface area contributed by atoms with E-state index in [2.05, 4.69) is 38.6 Å². The lowest BCUT2D eigenvalue weighted by molar-refractivity contribution is 0.787. The van der Waals surface area contributed by atoms with E-state index in [4.69, 9.17) is 0 Å². The maximum atomic E-state index is 3.81. The molecular formula is C14H20. The molecule has 0 amide bonds. The van der Waals surface area contributed by atoms with Gasteiger partial charge >= 0.3 is 0 Å². The molecule has 0 aromatic heterocycles. The summed E-state index contributed by atoms with van der Waals surface area (Å²) >= 11 is 0. The van der Waals surface area contributed by atoms with Crippen LogP contribution in [0.1, 0.15) is 43.4 Å². The van der Waals surface area contributed by atoms with Gasteiger partial charge in [0, 0.05) is 0 Å². The van der Waals surface area contributed by atoms with Crippen molar-refractivity contribution in [3.05, 3.63) is 41.5 Å². The normalized spacial score (nSPS) is 10.1. The molecule has 0 nitrogen and oxygen atoms in total. The quantitative estimate of drug-likeness (QED) is 0.648. The van der Waals surface area contributed by atoms with Crippen molar-refractivity contribution in [1.29, 1.82) is 0 Å². The van der Waals surface area contributed by atoms with Crippen molar-refractivity contribution in [2.24, 2.45) is 0 Å². The molecule has 0 aliphatic carbocycles. The zero-order chi connectivity index (χ0) is 10.4. The fourth-order valence-corrected chi connectivity index (χ4v) is 1.72. The first kappa shape index (κ1) is 11.0. The van der Waals surface area contributed by atoms with Gasteiger partial charge in [0.1, 0.15) is 0 Å². The lowest BCUT2D eigenvalue weighted by atomic mass is 9.98. The molecule has 0 radical (unpaired) electrons. The molecule has 0 heterocycles. The summed E-state index contributed by atoms with van der Waals surface area (Å²) in [6, 6.07) is 6.67. The third kappa shape index (κ3) is 2.73. The van der Waals surface area contributed by atoms with Crippen LogP contribution in [-0.4, -0.2) is 0 Å². The number of aryl methyl sites for hydroxylation is 2. The third-order valence-corrected chi connectivity index (χ3v) is 2.65. The Kier molecular flexibility index (Phi) is 4.45. The predicted octanol–water partition coefficient (Wildman–Crippen LogP) is 4.23. The van der Waals surface area contributed by atoms with Crippen LogP contribution < -0.4 is 0 Å². The fraction of sp³-hybridized carbons (Fsp3) is 0.429. The molecule has 0 atom stereocenters. The fourth-order valence-electron chi connectivity index (χ4n) is 1.72. The Morgan fingerprint density at radius 2 is 2.00 bits per heavy atom. The van der Waals surface area contributed by atoms with Crippen molar-refractivity contribution < 1.29 is 0 Å². The monoisotopic (exact) mass is 188 g/mol. The molecule has 1 rings (SSSR count). The largest absolute Gasteiger partial charge is 0.0985 e. The topological polar surface area (TPSA) is 0 Å². The van der Waals surface area contributed by atoms with E-state index in [-0.39, 0.29) is 0 Å². The molecule has 0 N–H and O–H groups in total. The van der Waals surface area contributed by atoms with Crippen molar-refractivity contribution in [2.75, 3.05) is 0 Å². The minimum absolute atomic E-state index is 1.14. The Hall–Kier alpha value is -1.04. The van der Waals surface area contributed by atoms with E-state index >= 15 is 0 Å². The molecule has 0 aliphatic rings. The summed E-state index contributed by atoms with van der Waals surface area (Å²) in [5.74, 6) is 0. The SMILES string of the molecule is C=Cc1ccc(CC)c(CCCC)c1. The Bertz CT molecular complexity index is 297. The van der Waals surface area contributed by atoms with Crippen molar-refractivity contribution >= 4 is 6.08 Å². The molecule has 0 aliphatic heterocycles. The van der Waals surface area contributed by atoms with E-state index in [0.717, 1.165) is 6.42 Å².